The van der Waals surface area contributed by atoms with Crippen LogP contribution in [0.4, 0.5) is 0 Å². The molecule has 1 aromatic heterocycles. The second kappa shape index (κ2) is 11.8. The molecule has 3 atom stereocenters. The third-order valence-corrected chi connectivity index (χ3v) is 6.41. The molecule has 0 bridgehead atoms. The topological polar surface area (TPSA) is 79.6 Å². The number of rotatable bonds is 11. The lowest BCUT2D eigenvalue weighted by atomic mass is 9.88. The van der Waals surface area contributed by atoms with Crippen molar-refractivity contribution in [1.29, 1.82) is 0 Å². The molecule has 1 aromatic carbocycles. The number of aliphatic hydroxyl groups excluding tert-OH is 1. The number of fused-ring (bicyclic) bond motifs is 1. The summed E-state index contributed by atoms with van der Waals surface area (Å²) >= 11 is 0. The van der Waals surface area contributed by atoms with Gasteiger partial charge in [0.1, 0.15) is 0 Å². The van der Waals surface area contributed by atoms with Gasteiger partial charge in [-0.1, -0.05) is 32.9 Å². The van der Waals surface area contributed by atoms with E-state index in [-0.39, 0.29) is 24.0 Å². The van der Waals surface area contributed by atoms with Gasteiger partial charge in [-0.25, -0.2) is 4.98 Å². The van der Waals surface area contributed by atoms with Gasteiger partial charge >= 0.3 is 0 Å². The minimum atomic E-state index is -0.341. The molecule has 3 rings (SSSR count). The quantitative estimate of drug-likeness (QED) is 0.520. The number of aliphatic hydroxyl groups is 1. The molecule has 7 nitrogen and oxygen atoms in total. The Kier molecular flexibility index (Phi) is 9.08. The number of hydrogen-bond acceptors (Lipinski definition) is 5. The molecule has 0 radical (unpaired) electrons. The minimum absolute atomic E-state index is 0.0138. The first-order chi connectivity index (χ1) is 15.5. The van der Waals surface area contributed by atoms with Crippen LogP contribution in [0, 0.1) is 11.8 Å². The van der Waals surface area contributed by atoms with Crippen molar-refractivity contribution in [1.82, 2.24) is 19.8 Å². The number of amides is 1. The van der Waals surface area contributed by atoms with Gasteiger partial charge in [0.25, 0.3) is 5.91 Å². The van der Waals surface area contributed by atoms with Crippen molar-refractivity contribution in [3.05, 3.63) is 30.1 Å². The maximum absolute atomic E-state index is 13.9. The van der Waals surface area contributed by atoms with E-state index in [0.717, 1.165) is 56.4 Å². The van der Waals surface area contributed by atoms with Crippen LogP contribution in [0.5, 0.6) is 0 Å². The highest BCUT2D eigenvalue weighted by Crippen LogP contribution is 2.25. The van der Waals surface area contributed by atoms with Gasteiger partial charge in [-0.15, -0.1) is 0 Å². The van der Waals surface area contributed by atoms with Crippen molar-refractivity contribution in [3.63, 3.8) is 0 Å². The minimum Gasteiger partial charge on any atom is -0.393 e. The van der Waals surface area contributed by atoms with Gasteiger partial charge in [0.05, 0.1) is 17.1 Å². The van der Waals surface area contributed by atoms with E-state index < -0.39 is 0 Å². The van der Waals surface area contributed by atoms with Crippen molar-refractivity contribution in [3.8, 4) is 0 Å². The maximum atomic E-state index is 13.9. The van der Waals surface area contributed by atoms with E-state index in [2.05, 4.69) is 23.7 Å². The fraction of sp³-hybridized carbons (Fsp3) is 0.680. The van der Waals surface area contributed by atoms with Gasteiger partial charge in [0.2, 0.25) is 0 Å². The average molecular weight is 445 g/mol. The number of para-hydroxylation sites is 2. The van der Waals surface area contributed by atoms with Crippen LogP contribution in [0.15, 0.2) is 24.3 Å². The molecule has 2 N–H and O–H groups in total. The molecule has 3 unspecified atom stereocenters. The van der Waals surface area contributed by atoms with Crippen molar-refractivity contribution in [2.45, 2.75) is 65.1 Å². The summed E-state index contributed by atoms with van der Waals surface area (Å²) in [6, 6.07) is 8.02. The smallest absolute Gasteiger partial charge is 0.290 e. The number of aromatic nitrogens is 2. The van der Waals surface area contributed by atoms with E-state index in [1.165, 1.54) is 0 Å². The third kappa shape index (κ3) is 5.88. The Morgan fingerprint density at radius 2 is 2.09 bits per heavy atom. The molecule has 2 aromatic rings. The van der Waals surface area contributed by atoms with Crippen LogP contribution in [0.2, 0.25) is 0 Å². The summed E-state index contributed by atoms with van der Waals surface area (Å²) in [6.07, 6.45) is 3.07. The van der Waals surface area contributed by atoms with Gasteiger partial charge in [-0.2, -0.15) is 0 Å². The molecule has 1 aliphatic heterocycles. The van der Waals surface area contributed by atoms with Crippen LogP contribution in [0.3, 0.4) is 0 Å². The van der Waals surface area contributed by atoms with E-state index >= 15 is 0 Å². The highest BCUT2D eigenvalue weighted by molar-refractivity contribution is 5.95. The molecule has 0 aliphatic carbocycles. The van der Waals surface area contributed by atoms with E-state index in [1.807, 2.05) is 36.1 Å². The second-order valence-electron chi connectivity index (χ2n) is 9.41. The summed E-state index contributed by atoms with van der Waals surface area (Å²) in [4.78, 5) is 20.7. The lowest BCUT2D eigenvalue weighted by Crippen LogP contribution is -2.54. The van der Waals surface area contributed by atoms with Crippen molar-refractivity contribution >= 4 is 16.9 Å². The first kappa shape index (κ1) is 24.7. The number of carbonyl (C=O) groups is 1. The van der Waals surface area contributed by atoms with Crippen LogP contribution >= 0.6 is 0 Å². The van der Waals surface area contributed by atoms with Crippen LogP contribution in [-0.4, -0.2) is 71.0 Å². The highest BCUT2D eigenvalue weighted by atomic mass is 16.5. The van der Waals surface area contributed by atoms with Crippen LogP contribution < -0.4 is 5.32 Å². The molecule has 2 heterocycles. The first-order valence-corrected chi connectivity index (χ1v) is 12.1. The monoisotopic (exact) mass is 444 g/mol. The van der Waals surface area contributed by atoms with Gasteiger partial charge < -0.3 is 24.6 Å². The molecule has 0 spiro atoms. The van der Waals surface area contributed by atoms with E-state index in [4.69, 9.17) is 9.72 Å². The summed E-state index contributed by atoms with van der Waals surface area (Å²) < 4.78 is 7.28. The van der Waals surface area contributed by atoms with Gasteiger partial charge in [0.15, 0.2) is 5.82 Å². The summed E-state index contributed by atoms with van der Waals surface area (Å²) in [5.41, 5.74) is 1.85. The standard InChI is InChI=1S/C25H40N4O3/c1-5-23(30)19-14-20(16-26-15-19)29(17-18(2)3)25(31)24-27-21-10-6-7-11-22(21)28(24)12-8-9-13-32-4/h6-7,10-11,18-20,23,26,30H,5,8-9,12-17H2,1-4H3. The molecule has 1 fully saturated rings. The van der Waals surface area contributed by atoms with Gasteiger partial charge in [-0.3, -0.25) is 4.79 Å². The second-order valence-corrected chi connectivity index (χ2v) is 9.41. The largest absolute Gasteiger partial charge is 0.393 e. The van der Waals surface area contributed by atoms with Crippen molar-refractivity contribution < 1.29 is 14.6 Å². The Bertz CT molecular complexity index is 866. The molecule has 1 saturated heterocycles. The molecular weight excluding hydrogens is 404 g/mol. The number of imidazole rings is 1. The first-order valence-electron chi connectivity index (χ1n) is 12.1. The number of hydrogen-bond donors (Lipinski definition) is 2. The van der Waals surface area contributed by atoms with Crippen LogP contribution in [-0.2, 0) is 11.3 Å². The SMILES string of the molecule is CCC(O)C1CNCC(N(CC(C)C)C(=O)c2nc3ccccc3n2CCCCOC)C1. The predicted octanol–water partition coefficient (Wildman–Crippen LogP) is 3.31. The van der Waals surface area contributed by atoms with Gasteiger partial charge in [-0.05, 0) is 49.7 Å². The normalized spacial score (nSPS) is 20.1. The van der Waals surface area contributed by atoms with E-state index in [0.29, 0.717) is 24.9 Å². The molecule has 32 heavy (non-hydrogen) atoms. The summed E-state index contributed by atoms with van der Waals surface area (Å²) in [6.45, 7) is 9.97. The molecule has 7 heteroatoms. The number of carbonyl (C=O) groups excluding carboxylic acids is 1. The molecular formula is C25H40N4O3. The fourth-order valence-electron chi connectivity index (χ4n) is 4.72. The summed E-state index contributed by atoms with van der Waals surface area (Å²) in [5, 5.41) is 13.9. The van der Waals surface area contributed by atoms with Crippen LogP contribution in [0.25, 0.3) is 11.0 Å². The molecule has 0 saturated carbocycles. The Hall–Kier alpha value is -1.96. The maximum Gasteiger partial charge on any atom is 0.290 e. The lowest BCUT2D eigenvalue weighted by Gasteiger charge is -2.40. The van der Waals surface area contributed by atoms with Crippen molar-refractivity contribution in [2.24, 2.45) is 11.8 Å². The van der Waals surface area contributed by atoms with Crippen LogP contribution in [0.1, 0.15) is 57.1 Å². The molecule has 1 aliphatic rings. The molecule has 1 amide bonds. The van der Waals surface area contributed by atoms with Crippen molar-refractivity contribution in [2.75, 3.05) is 33.4 Å². The zero-order valence-corrected chi connectivity index (χ0v) is 20.1. The Balaban J connectivity index is 1.90. The van der Waals surface area contributed by atoms with Gasteiger partial charge in [0, 0.05) is 45.9 Å². The number of piperidine rings is 1. The number of ether oxygens (including phenoxy) is 1. The van der Waals surface area contributed by atoms with E-state index in [1.54, 1.807) is 7.11 Å². The lowest BCUT2D eigenvalue weighted by molar-refractivity contribution is 0.0383. The number of aryl methyl sites for hydroxylation is 1. The Morgan fingerprint density at radius 3 is 2.81 bits per heavy atom. The Morgan fingerprint density at radius 1 is 1.31 bits per heavy atom. The summed E-state index contributed by atoms with van der Waals surface area (Å²) in [7, 11) is 1.71. The zero-order chi connectivity index (χ0) is 23.1. The predicted molar refractivity (Wildman–Crippen MR) is 128 cm³/mol. The third-order valence-electron chi connectivity index (χ3n) is 6.41. The number of nitrogens with zero attached hydrogens (tertiary/aromatic N) is 3. The molecule has 178 valence electrons. The number of benzene rings is 1. The number of nitrogens with one attached hydrogen (secondary N) is 1. The average Bonchev–Trinajstić information content (AvgIpc) is 3.18. The Labute approximate surface area is 192 Å². The summed E-state index contributed by atoms with van der Waals surface area (Å²) in [5.74, 6) is 1.01. The highest BCUT2D eigenvalue weighted by Gasteiger charge is 2.34. The zero-order valence-electron chi connectivity index (χ0n) is 20.1. The van der Waals surface area contributed by atoms with E-state index in [9.17, 15) is 9.90 Å². The number of methoxy groups -OCH3 is 1. The fourth-order valence-corrected chi connectivity index (χ4v) is 4.72. The number of unbranched alkanes of at least 4 members (excludes halogenated alkanes) is 1.